The van der Waals surface area contributed by atoms with E-state index in [0.29, 0.717) is 18.8 Å². The van der Waals surface area contributed by atoms with Crippen molar-refractivity contribution >= 4 is 11.6 Å². The summed E-state index contributed by atoms with van der Waals surface area (Å²) >= 11 is 0. The fourth-order valence-electron chi connectivity index (χ4n) is 2.04. The van der Waals surface area contributed by atoms with Crippen LogP contribution in [0.15, 0.2) is 0 Å². The molecule has 0 aliphatic rings. The number of hydrogen-bond acceptors (Lipinski definition) is 6. The van der Waals surface area contributed by atoms with Crippen LogP contribution in [-0.4, -0.2) is 22.6 Å². The third-order valence-electron chi connectivity index (χ3n) is 3.29. The molecule has 0 saturated carbocycles. The van der Waals surface area contributed by atoms with E-state index >= 15 is 0 Å². The molecular formula is C15H26N6. The minimum absolute atomic E-state index is 0.175. The van der Waals surface area contributed by atoms with Crippen LogP contribution < -0.4 is 16.2 Å². The SMILES string of the molecule is Cc1c(NN)nc(C(C)(C)C)nc1N(CCC#N)C(C)C. The second-order valence-corrected chi connectivity index (χ2v) is 6.43. The van der Waals surface area contributed by atoms with E-state index in [4.69, 9.17) is 16.1 Å². The topological polar surface area (TPSA) is 90.9 Å². The lowest BCUT2D eigenvalue weighted by Gasteiger charge is -2.30. The molecule has 0 aliphatic carbocycles. The minimum atomic E-state index is -0.175. The van der Waals surface area contributed by atoms with Crippen LogP contribution in [0.3, 0.4) is 0 Å². The van der Waals surface area contributed by atoms with Crippen LogP contribution in [-0.2, 0) is 5.41 Å². The molecule has 0 radical (unpaired) electrons. The smallest absolute Gasteiger partial charge is 0.148 e. The van der Waals surface area contributed by atoms with Crippen LogP contribution in [0.5, 0.6) is 0 Å². The first-order valence-electron chi connectivity index (χ1n) is 7.21. The van der Waals surface area contributed by atoms with Gasteiger partial charge in [0.2, 0.25) is 0 Å². The molecule has 1 rings (SSSR count). The summed E-state index contributed by atoms with van der Waals surface area (Å²) in [6.45, 7) is 13.0. The molecule has 1 aromatic rings. The number of hydrazine groups is 1. The number of anilines is 2. The molecular weight excluding hydrogens is 264 g/mol. The molecule has 0 saturated heterocycles. The first kappa shape index (κ1) is 17.2. The summed E-state index contributed by atoms with van der Waals surface area (Å²) in [4.78, 5) is 11.4. The van der Waals surface area contributed by atoms with Gasteiger partial charge in [0.15, 0.2) is 0 Å². The van der Waals surface area contributed by atoms with Crippen molar-refractivity contribution in [2.45, 2.75) is 59.4 Å². The van der Waals surface area contributed by atoms with Gasteiger partial charge < -0.3 is 10.3 Å². The van der Waals surface area contributed by atoms with Gasteiger partial charge in [0.05, 0.1) is 12.5 Å². The number of nitrogens with zero attached hydrogens (tertiary/aromatic N) is 4. The first-order valence-corrected chi connectivity index (χ1v) is 7.21. The molecule has 0 aromatic carbocycles. The number of nitrogens with two attached hydrogens (primary N) is 1. The highest BCUT2D eigenvalue weighted by molar-refractivity contribution is 5.59. The molecule has 1 heterocycles. The number of nitrogen functional groups attached to an aromatic ring is 1. The van der Waals surface area contributed by atoms with Gasteiger partial charge in [-0.15, -0.1) is 0 Å². The van der Waals surface area contributed by atoms with Gasteiger partial charge in [-0.2, -0.15) is 5.26 Å². The van der Waals surface area contributed by atoms with E-state index in [1.165, 1.54) is 0 Å². The number of nitrogens with one attached hydrogen (secondary N) is 1. The van der Waals surface area contributed by atoms with Crippen LogP contribution in [0.25, 0.3) is 0 Å². The van der Waals surface area contributed by atoms with Crippen LogP contribution in [0, 0.1) is 18.3 Å². The van der Waals surface area contributed by atoms with Crippen LogP contribution in [0.1, 0.15) is 52.4 Å². The normalized spacial score (nSPS) is 11.4. The molecule has 1 aromatic heterocycles. The van der Waals surface area contributed by atoms with Crippen molar-refractivity contribution in [3.8, 4) is 6.07 Å². The summed E-state index contributed by atoms with van der Waals surface area (Å²) in [6.07, 6.45) is 0.456. The zero-order valence-electron chi connectivity index (χ0n) is 13.9. The van der Waals surface area contributed by atoms with Crippen LogP contribution >= 0.6 is 0 Å². The minimum Gasteiger partial charge on any atom is -0.353 e. The second kappa shape index (κ2) is 6.72. The highest BCUT2D eigenvalue weighted by Gasteiger charge is 2.24. The van der Waals surface area contributed by atoms with E-state index in [0.717, 1.165) is 17.2 Å². The lowest BCUT2D eigenvalue weighted by Crippen LogP contribution is -2.34. The molecule has 0 unspecified atom stereocenters. The zero-order valence-corrected chi connectivity index (χ0v) is 13.9. The molecule has 116 valence electrons. The van der Waals surface area contributed by atoms with Crippen molar-refractivity contribution < 1.29 is 0 Å². The van der Waals surface area contributed by atoms with Gasteiger partial charge in [0, 0.05) is 23.6 Å². The number of rotatable bonds is 5. The molecule has 6 heteroatoms. The predicted molar refractivity (Wildman–Crippen MR) is 86.0 cm³/mol. The molecule has 0 amide bonds. The van der Waals surface area contributed by atoms with E-state index < -0.39 is 0 Å². The van der Waals surface area contributed by atoms with Gasteiger partial charge in [0.25, 0.3) is 0 Å². The maximum Gasteiger partial charge on any atom is 0.148 e. The lowest BCUT2D eigenvalue weighted by molar-refractivity contribution is 0.541. The van der Waals surface area contributed by atoms with Gasteiger partial charge >= 0.3 is 0 Å². The average Bonchev–Trinajstić information content (AvgIpc) is 2.39. The molecule has 0 atom stereocenters. The summed E-state index contributed by atoms with van der Waals surface area (Å²) in [5, 5.41) is 8.86. The van der Waals surface area contributed by atoms with Crippen LogP contribution in [0.4, 0.5) is 11.6 Å². The number of nitriles is 1. The van der Waals surface area contributed by atoms with E-state index in [-0.39, 0.29) is 11.5 Å². The standard InChI is InChI=1S/C15H26N6/c1-10(2)21(9-7-8-16)13-11(3)12(20-17)18-14(19-13)15(4,5)6/h10H,7,9,17H2,1-6H3,(H,18,19,20). The summed E-state index contributed by atoms with van der Waals surface area (Å²) < 4.78 is 0. The van der Waals surface area contributed by atoms with E-state index in [1.807, 2.05) is 6.92 Å². The molecule has 6 nitrogen and oxygen atoms in total. The summed E-state index contributed by atoms with van der Waals surface area (Å²) in [7, 11) is 0. The fraction of sp³-hybridized carbons (Fsp3) is 0.667. The Balaban J connectivity index is 3.41. The summed E-state index contributed by atoms with van der Waals surface area (Å²) in [5.41, 5.74) is 3.38. The molecule has 0 aliphatic heterocycles. The Bertz CT molecular complexity index is 524. The molecule has 0 fully saturated rings. The monoisotopic (exact) mass is 290 g/mol. The average molecular weight is 290 g/mol. The second-order valence-electron chi connectivity index (χ2n) is 6.43. The third kappa shape index (κ3) is 4.05. The van der Waals surface area contributed by atoms with Gasteiger partial charge in [0.1, 0.15) is 17.5 Å². The van der Waals surface area contributed by atoms with Gasteiger partial charge in [-0.1, -0.05) is 20.8 Å². The van der Waals surface area contributed by atoms with Gasteiger partial charge in [-0.3, -0.25) is 0 Å². The largest absolute Gasteiger partial charge is 0.353 e. The maximum absolute atomic E-state index is 8.86. The Kier molecular flexibility index (Phi) is 5.50. The molecule has 0 spiro atoms. The van der Waals surface area contributed by atoms with Crippen molar-refractivity contribution in [3.05, 3.63) is 11.4 Å². The van der Waals surface area contributed by atoms with Crippen molar-refractivity contribution in [2.75, 3.05) is 16.9 Å². The Morgan fingerprint density at radius 3 is 2.38 bits per heavy atom. The van der Waals surface area contributed by atoms with Gasteiger partial charge in [-0.25, -0.2) is 15.8 Å². The Labute approximate surface area is 127 Å². The highest BCUT2D eigenvalue weighted by atomic mass is 15.3. The van der Waals surface area contributed by atoms with Gasteiger partial charge in [-0.05, 0) is 20.8 Å². The zero-order chi connectivity index (χ0) is 16.2. The molecule has 21 heavy (non-hydrogen) atoms. The van der Waals surface area contributed by atoms with E-state index in [1.54, 1.807) is 0 Å². The van der Waals surface area contributed by atoms with Crippen molar-refractivity contribution in [1.82, 2.24) is 9.97 Å². The van der Waals surface area contributed by atoms with Crippen LogP contribution in [0.2, 0.25) is 0 Å². The van der Waals surface area contributed by atoms with Crippen molar-refractivity contribution in [3.63, 3.8) is 0 Å². The summed E-state index contributed by atoms with van der Waals surface area (Å²) in [6, 6.07) is 2.43. The van der Waals surface area contributed by atoms with E-state index in [2.05, 4.69) is 56.0 Å². The highest BCUT2D eigenvalue weighted by Crippen LogP contribution is 2.29. The molecule has 3 N–H and O–H groups in total. The Morgan fingerprint density at radius 1 is 1.33 bits per heavy atom. The lowest BCUT2D eigenvalue weighted by atomic mass is 9.95. The predicted octanol–water partition coefficient (Wildman–Crippen LogP) is 2.50. The fourth-order valence-corrected chi connectivity index (χ4v) is 2.04. The first-order chi connectivity index (χ1) is 9.72. The number of hydrogen-bond donors (Lipinski definition) is 2. The van der Waals surface area contributed by atoms with E-state index in [9.17, 15) is 0 Å². The third-order valence-corrected chi connectivity index (χ3v) is 3.29. The van der Waals surface area contributed by atoms with Crippen molar-refractivity contribution in [1.29, 1.82) is 5.26 Å². The number of aromatic nitrogens is 2. The summed E-state index contributed by atoms with van der Waals surface area (Å²) in [5.74, 6) is 7.80. The quantitative estimate of drug-likeness (QED) is 0.639. The maximum atomic E-state index is 8.86. The van der Waals surface area contributed by atoms with Crippen molar-refractivity contribution in [2.24, 2.45) is 5.84 Å². The Hall–Kier alpha value is -1.87. The molecule has 0 bridgehead atoms. The Morgan fingerprint density at radius 2 is 1.95 bits per heavy atom.